The lowest BCUT2D eigenvalue weighted by atomic mass is 10.1. The van der Waals surface area contributed by atoms with E-state index in [1.54, 1.807) is 0 Å². The zero-order valence-electron chi connectivity index (χ0n) is 35.0. The lowest BCUT2D eigenvalue weighted by Gasteiger charge is -2.28. The van der Waals surface area contributed by atoms with Gasteiger partial charge in [0.15, 0.2) is 6.10 Å². The molecule has 0 aliphatic carbocycles. The van der Waals surface area contributed by atoms with Crippen molar-refractivity contribution in [2.75, 3.05) is 47.5 Å². The number of phosphoric ester groups is 1. The molecule has 0 fully saturated rings. The standard InChI is InChI=1S/C43H82NO8P/c1-6-8-10-12-14-16-18-19-20-21-22-23-24-25-26-28-29-31-33-35-42(45)49-39-41(40-51-53(47,48)50-38-37-44(3,4)5)52-43(46)36-34-32-30-27-17-15-13-11-9-7-2/h14,16,19-20,41H,6-13,15,17-18,21-40H2,1-5H3/b16-14-,20-19-/t41-/m1/s1. The minimum Gasteiger partial charge on any atom is -0.756 e. The molecule has 1 unspecified atom stereocenters. The van der Waals surface area contributed by atoms with Crippen molar-refractivity contribution in [1.29, 1.82) is 0 Å². The third-order valence-electron chi connectivity index (χ3n) is 9.22. The second-order valence-electron chi connectivity index (χ2n) is 15.7. The first-order valence-corrected chi connectivity index (χ1v) is 23.0. The van der Waals surface area contributed by atoms with E-state index in [4.69, 9.17) is 18.5 Å². The monoisotopic (exact) mass is 772 g/mol. The van der Waals surface area contributed by atoms with Crippen LogP contribution in [0.3, 0.4) is 0 Å². The highest BCUT2D eigenvalue weighted by atomic mass is 31.2. The number of nitrogens with zero attached hydrogens (tertiary/aromatic N) is 1. The molecule has 0 aromatic rings. The maximum absolute atomic E-state index is 12.6. The number of carbonyl (C=O) groups is 2. The average molecular weight is 772 g/mol. The van der Waals surface area contributed by atoms with Crippen LogP contribution in [0.5, 0.6) is 0 Å². The van der Waals surface area contributed by atoms with Gasteiger partial charge in [0, 0.05) is 12.8 Å². The number of phosphoric acid groups is 1. The molecule has 0 aliphatic rings. The van der Waals surface area contributed by atoms with Crippen molar-refractivity contribution in [3.8, 4) is 0 Å². The van der Waals surface area contributed by atoms with Crippen LogP contribution in [0.25, 0.3) is 0 Å². The van der Waals surface area contributed by atoms with Gasteiger partial charge in [-0.3, -0.25) is 14.2 Å². The number of ether oxygens (including phenoxy) is 2. The van der Waals surface area contributed by atoms with Crippen LogP contribution >= 0.6 is 7.82 Å². The summed E-state index contributed by atoms with van der Waals surface area (Å²) in [6.07, 6.45) is 37.7. The van der Waals surface area contributed by atoms with E-state index in [1.807, 2.05) is 21.1 Å². The van der Waals surface area contributed by atoms with Crippen LogP contribution in [0.2, 0.25) is 0 Å². The molecule has 0 saturated carbocycles. The van der Waals surface area contributed by atoms with E-state index >= 15 is 0 Å². The summed E-state index contributed by atoms with van der Waals surface area (Å²) in [6, 6.07) is 0. The van der Waals surface area contributed by atoms with Crippen molar-refractivity contribution in [3.05, 3.63) is 24.3 Å². The largest absolute Gasteiger partial charge is 0.756 e. The summed E-state index contributed by atoms with van der Waals surface area (Å²) in [5.74, 6) is -0.837. The first-order chi connectivity index (χ1) is 25.5. The molecule has 9 nitrogen and oxygen atoms in total. The topological polar surface area (TPSA) is 111 Å². The highest BCUT2D eigenvalue weighted by Crippen LogP contribution is 2.38. The van der Waals surface area contributed by atoms with Gasteiger partial charge in [0.1, 0.15) is 19.8 Å². The van der Waals surface area contributed by atoms with Crippen LogP contribution in [0, 0.1) is 0 Å². The number of unbranched alkanes of at least 4 members (excludes halogenated alkanes) is 21. The Hall–Kier alpha value is -1.51. The van der Waals surface area contributed by atoms with Gasteiger partial charge in [0.05, 0.1) is 27.7 Å². The Bertz CT molecular complexity index is 964. The van der Waals surface area contributed by atoms with Crippen LogP contribution in [0.4, 0.5) is 0 Å². The number of quaternary nitrogens is 1. The van der Waals surface area contributed by atoms with E-state index in [0.717, 1.165) is 44.9 Å². The van der Waals surface area contributed by atoms with Gasteiger partial charge in [0.25, 0.3) is 7.82 Å². The molecule has 0 rings (SSSR count). The Morgan fingerprint density at radius 3 is 1.53 bits per heavy atom. The number of esters is 2. The second kappa shape index (κ2) is 36.1. The summed E-state index contributed by atoms with van der Waals surface area (Å²) in [7, 11) is 1.17. The molecule has 0 amide bonds. The Balaban J connectivity index is 4.28. The molecule has 0 heterocycles. The zero-order valence-corrected chi connectivity index (χ0v) is 35.9. The quantitative estimate of drug-likeness (QED) is 0.0200. The molecular formula is C43H82NO8P. The zero-order chi connectivity index (χ0) is 39.3. The van der Waals surface area contributed by atoms with E-state index in [-0.39, 0.29) is 32.0 Å². The first kappa shape index (κ1) is 51.5. The summed E-state index contributed by atoms with van der Waals surface area (Å²) in [4.78, 5) is 37.4. The van der Waals surface area contributed by atoms with Crippen molar-refractivity contribution in [1.82, 2.24) is 0 Å². The van der Waals surface area contributed by atoms with Gasteiger partial charge < -0.3 is 27.9 Å². The van der Waals surface area contributed by atoms with Crippen molar-refractivity contribution < 1.29 is 42.1 Å². The van der Waals surface area contributed by atoms with Crippen LogP contribution in [0.1, 0.15) is 187 Å². The minimum atomic E-state index is -4.62. The molecule has 0 N–H and O–H groups in total. The Morgan fingerprint density at radius 1 is 0.585 bits per heavy atom. The van der Waals surface area contributed by atoms with Gasteiger partial charge >= 0.3 is 11.9 Å². The lowest BCUT2D eigenvalue weighted by Crippen LogP contribution is -2.37. The number of hydrogen-bond donors (Lipinski definition) is 0. The number of carbonyl (C=O) groups excluding carboxylic acids is 2. The molecule has 0 aliphatic heterocycles. The summed E-state index contributed by atoms with van der Waals surface area (Å²) >= 11 is 0. The lowest BCUT2D eigenvalue weighted by molar-refractivity contribution is -0.870. The summed E-state index contributed by atoms with van der Waals surface area (Å²) < 4.78 is 33.8. The fraction of sp³-hybridized carbons (Fsp3) is 0.860. The average Bonchev–Trinajstić information content (AvgIpc) is 3.10. The second-order valence-corrected chi connectivity index (χ2v) is 17.1. The van der Waals surface area contributed by atoms with Crippen molar-refractivity contribution in [2.45, 2.75) is 193 Å². The third kappa shape index (κ3) is 40.0. The van der Waals surface area contributed by atoms with Gasteiger partial charge in [-0.25, -0.2) is 0 Å². The fourth-order valence-corrected chi connectivity index (χ4v) is 6.53. The molecule has 0 aromatic heterocycles. The first-order valence-electron chi connectivity index (χ1n) is 21.5. The molecule has 10 heteroatoms. The number of likely N-dealkylation sites (N-methyl/N-ethyl adjacent to an activating group) is 1. The Kier molecular flexibility index (Phi) is 35.1. The predicted octanol–water partition coefficient (Wildman–Crippen LogP) is 11.3. The van der Waals surface area contributed by atoms with Gasteiger partial charge in [-0.05, 0) is 44.9 Å². The van der Waals surface area contributed by atoms with E-state index in [9.17, 15) is 19.0 Å². The molecule has 0 radical (unpaired) electrons. The Morgan fingerprint density at radius 2 is 1.02 bits per heavy atom. The number of rotatable bonds is 39. The number of allylic oxidation sites excluding steroid dienone is 4. The maximum Gasteiger partial charge on any atom is 0.306 e. The SMILES string of the molecule is CCCCC/C=C\C/C=C\CCCCCCCCCCCC(=O)OC[C@H](COP(=O)([O-])OCC[N+](C)(C)C)OC(=O)CCCCCCCCCCCC. The highest BCUT2D eigenvalue weighted by molar-refractivity contribution is 7.45. The van der Waals surface area contributed by atoms with Gasteiger partial charge in [-0.1, -0.05) is 154 Å². The molecule has 0 spiro atoms. The minimum absolute atomic E-state index is 0.0297. The van der Waals surface area contributed by atoms with Gasteiger partial charge in [0.2, 0.25) is 0 Å². The van der Waals surface area contributed by atoms with Crippen LogP contribution in [-0.2, 0) is 32.7 Å². The maximum atomic E-state index is 12.6. The smallest absolute Gasteiger partial charge is 0.306 e. The van der Waals surface area contributed by atoms with E-state index in [2.05, 4.69) is 38.2 Å². The molecule has 53 heavy (non-hydrogen) atoms. The molecule has 2 atom stereocenters. The molecular weight excluding hydrogens is 689 g/mol. The third-order valence-corrected chi connectivity index (χ3v) is 10.2. The number of hydrogen-bond acceptors (Lipinski definition) is 8. The van der Waals surface area contributed by atoms with E-state index in [1.165, 1.54) is 109 Å². The molecule has 0 saturated heterocycles. The van der Waals surface area contributed by atoms with E-state index in [0.29, 0.717) is 17.4 Å². The summed E-state index contributed by atoms with van der Waals surface area (Å²) in [5.41, 5.74) is 0. The van der Waals surface area contributed by atoms with E-state index < -0.39 is 26.5 Å². The summed E-state index contributed by atoms with van der Waals surface area (Å²) in [5, 5.41) is 0. The van der Waals surface area contributed by atoms with Crippen molar-refractivity contribution in [3.63, 3.8) is 0 Å². The molecule has 0 bridgehead atoms. The summed E-state index contributed by atoms with van der Waals surface area (Å²) in [6.45, 7) is 4.19. The van der Waals surface area contributed by atoms with Gasteiger partial charge in [-0.2, -0.15) is 0 Å². The predicted molar refractivity (Wildman–Crippen MR) is 218 cm³/mol. The van der Waals surface area contributed by atoms with Crippen LogP contribution in [-0.4, -0.2) is 70.0 Å². The normalized spacial score (nSPS) is 13.8. The fourth-order valence-electron chi connectivity index (χ4n) is 5.80. The molecule has 312 valence electrons. The van der Waals surface area contributed by atoms with Crippen molar-refractivity contribution >= 4 is 19.8 Å². The van der Waals surface area contributed by atoms with Gasteiger partial charge in [-0.15, -0.1) is 0 Å². The van der Waals surface area contributed by atoms with Crippen LogP contribution < -0.4 is 4.89 Å². The van der Waals surface area contributed by atoms with Crippen LogP contribution in [0.15, 0.2) is 24.3 Å². The molecule has 0 aromatic carbocycles. The highest BCUT2D eigenvalue weighted by Gasteiger charge is 2.21. The Labute approximate surface area is 326 Å². The van der Waals surface area contributed by atoms with Crippen molar-refractivity contribution in [2.24, 2.45) is 0 Å².